The average Bonchev–Trinajstić information content (AvgIpc) is 2.97. The van der Waals surface area contributed by atoms with Crippen molar-refractivity contribution in [3.63, 3.8) is 0 Å². The van der Waals surface area contributed by atoms with Gasteiger partial charge in [-0.05, 0) is 93.2 Å². The predicted octanol–water partition coefficient (Wildman–Crippen LogP) is 4.55. The number of nitrogens with zero attached hydrogens (tertiary/aromatic N) is 2. The van der Waals surface area contributed by atoms with Gasteiger partial charge in [-0.25, -0.2) is 43.5 Å². The highest BCUT2D eigenvalue weighted by atomic mass is 35.7. The Morgan fingerprint density at radius 3 is 1.17 bits per heavy atom. The maximum Gasteiger partial charge on any atom is 0.407 e. The Morgan fingerprint density at radius 2 is 0.900 bits per heavy atom. The number of halogens is 10. The van der Waals surface area contributed by atoms with Crippen LogP contribution in [0.5, 0.6) is 0 Å². The van der Waals surface area contributed by atoms with Crippen molar-refractivity contribution in [2.45, 2.75) is 128 Å². The maximum absolute atomic E-state index is 12.2. The monoisotopic (exact) mass is 974 g/mol. The molecule has 0 aromatic rings. The highest BCUT2D eigenvalue weighted by Gasteiger charge is 2.41. The molecule has 0 atom stereocenters. The summed E-state index contributed by atoms with van der Waals surface area (Å²) in [6.07, 6.45) is -11.8. The van der Waals surface area contributed by atoms with Crippen molar-refractivity contribution < 1.29 is 83.8 Å². The van der Waals surface area contributed by atoms with Crippen molar-refractivity contribution in [1.82, 2.24) is 24.6 Å². The number of carbonyl (C=O) groups is 2. The van der Waals surface area contributed by atoms with Gasteiger partial charge in [-0.1, -0.05) is 0 Å². The first-order valence-electron chi connectivity index (χ1n) is 18.2. The molecule has 0 aromatic heterocycles. The third-order valence-corrected chi connectivity index (χ3v) is 12.2. The Hall–Kier alpha value is -2.11. The molecule has 0 unspecified atom stereocenters. The van der Waals surface area contributed by atoms with Crippen molar-refractivity contribution in [3.8, 4) is 0 Å². The van der Waals surface area contributed by atoms with Gasteiger partial charge >= 0.3 is 30.7 Å². The van der Waals surface area contributed by atoms with Gasteiger partial charge in [0, 0.05) is 55.0 Å². The minimum Gasteiger partial charge on any atom is -0.444 e. The van der Waals surface area contributed by atoms with E-state index in [-0.39, 0.29) is 63.2 Å². The minimum absolute atomic E-state index is 0.0567. The molecule has 3 saturated heterocycles. The van der Waals surface area contributed by atoms with Gasteiger partial charge in [0.2, 0.25) is 29.1 Å². The fraction of sp³-hybridized carbons (Fsp3) is 0.935. The van der Waals surface area contributed by atoms with E-state index in [0.29, 0.717) is 12.8 Å². The van der Waals surface area contributed by atoms with E-state index in [1.54, 1.807) is 20.8 Å². The molecule has 16 nitrogen and oxygen atoms in total. The van der Waals surface area contributed by atoms with E-state index in [1.165, 1.54) is 0 Å². The van der Waals surface area contributed by atoms with Gasteiger partial charge in [-0.2, -0.15) is 39.5 Å². The zero-order chi connectivity index (χ0) is 47.2. The molecule has 3 heterocycles. The summed E-state index contributed by atoms with van der Waals surface area (Å²) in [5.74, 6) is -5.61. The molecule has 0 bridgehead atoms. The van der Waals surface area contributed by atoms with Crippen LogP contribution < -0.4 is 21.7 Å². The van der Waals surface area contributed by atoms with E-state index in [2.05, 4.69) is 26.6 Å². The van der Waals surface area contributed by atoms with Crippen LogP contribution >= 0.6 is 10.7 Å². The molecular weight excluding hydrogens is 919 g/mol. The first-order valence-corrected chi connectivity index (χ1v) is 23.9. The molecule has 0 aliphatic carbocycles. The second-order valence-electron chi connectivity index (χ2n) is 15.8. The highest BCUT2D eigenvalue weighted by molar-refractivity contribution is 8.13. The lowest BCUT2D eigenvalue weighted by Gasteiger charge is -2.32. The van der Waals surface area contributed by atoms with Gasteiger partial charge in [-0.3, -0.25) is 0 Å². The molecule has 3 fully saturated rings. The zero-order valence-corrected chi connectivity index (χ0v) is 37.1. The van der Waals surface area contributed by atoms with Crippen LogP contribution in [0.25, 0.3) is 0 Å². The van der Waals surface area contributed by atoms with Gasteiger partial charge in [0.05, 0.1) is 0 Å². The minimum atomic E-state index is -4.76. The number of nitrogens with one attached hydrogen (secondary N) is 3. The molecular formula is C31H56ClF9N6O10S3. The molecule has 5 N–H and O–H groups in total. The van der Waals surface area contributed by atoms with Crippen LogP contribution in [-0.2, 0) is 38.6 Å². The fourth-order valence-corrected chi connectivity index (χ4v) is 8.63. The van der Waals surface area contributed by atoms with Crippen LogP contribution in [0, 0.1) is 0 Å². The van der Waals surface area contributed by atoms with Crippen molar-refractivity contribution in [3.05, 3.63) is 0 Å². The fourth-order valence-electron chi connectivity index (χ4n) is 5.14. The largest absolute Gasteiger partial charge is 0.444 e. The second kappa shape index (κ2) is 23.5. The molecule has 2 amide bonds. The predicted molar refractivity (Wildman–Crippen MR) is 203 cm³/mol. The molecule has 0 radical (unpaired) electrons. The summed E-state index contributed by atoms with van der Waals surface area (Å²) >= 11 is 0. The van der Waals surface area contributed by atoms with E-state index < -0.39 is 82.2 Å². The number of piperidine rings is 3. The van der Waals surface area contributed by atoms with Gasteiger partial charge < -0.3 is 31.2 Å². The number of alkyl halides is 9. The molecule has 3 aliphatic heterocycles. The zero-order valence-electron chi connectivity index (χ0n) is 33.9. The molecule has 60 heavy (non-hydrogen) atoms. The summed E-state index contributed by atoms with van der Waals surface area (Å²) in [5, 5.41) is 8.71. The lowest BCUT2D eigenvalue weighted by Crippen LogP contribution is -2.49. The Balaban J connectivity index is 0.000000810. The number of sulfonamides is 2. The Bertz CT molecular complexity index is 1650. The van der Waals surface area contributed by atoms with Gasteiger partial charge in [0.1, 0.15) is 11.2 Å². The van der Waals surface area contributed by atoms with E-state index in [0.717, 1.165) is 34.5 Å². The first-order chi connectivity index (χ1) is 26.7. The Kier molecular flexibility index (Phi) is 22.7. The van der Waals surface area contributed by atoms with Crippen LogP contribution in [0.4, 0.5) is 49.1 Å². The quantitative estimate of drug-likeness (QED) is 0.204. The number of hydrogen-bond acceptors (Lipinski definition) is 12. The summed E-state index contributed by atoms with van der Waals surface area (Å²) in [5.41, 5.74) is 4.47. The van der Waals surface area contributed by atoms with Gasteiger partial charge in [-0.15, -0.1) is 0 Å². The summed E-state index contributed by atoms with van der Waals surface area (Å²) in [6.45, 7) is 12.7. The summed E-state index contributed by atoms with van der Waals surface area (Å²) in [4.78, 5) is 23.0. The molecule has 358 valence electrons. The van der Waals surface area contributed by atoms with E-state index >= 15 is 0 Å². The SMILES string of the molecule is CC(C)(C)OC(=O)NC1CCN(S(=O)(=O)CC(F)(F)F)CC1.CC(C)(C)OC(=O)NC1CCNCC1.NC1CCN(S(=O)(=O)CC(F)(F)F)CC1.O=S(=O)(Cl)CC(F)(F)F. The van der Waals surface area contributed by atoms with E-state index in [4.69, 9.17) is 15.2 Å². The molecule has 29 heteroatoms. The first kappa shape index (κ1) is 57.9. The second-order valence-corrected chi connectivity index (χ2v) is 22.5. The number of amides is 2. The lowest BCUT2D eigenvalue weighted by molar-refractivity contribution is -0.108. The summed E-state index contributed by atoms with van der Waals surface area (Å²) in [6, 6.07) is -0.152. The van der Waals surface area contributed by atoms with Gasteiger partial charge in [0.25, 0.3) is 0 Å². The Morgan fingerprint density at radius 1 is 0.600 bits per heavy atom. The summed E-state index contributed by atoms with van der Waals surface area (Å²) < 4.78 is 183. The van der Waals surface area contributed by atoms with Crippen molar-refractivity contribution in [2.24, 2.45) is 5.73 Å². The number of hydrogen-bond donors (Lipinski definition) is 4. The van der Waals surface area contributed by atoms with Crippen LogP contribution in [0.1, 0.15) is 80.1 Å². The van der Waals surface area contributed by atoms with Crippen LogP contribution in [0.15, 0.2) is 0 Å². The van der Waals surface area contributed by atoms with Crippen molar-refractivity contribution >= 4 is 52.0 Å². The molecule has 0 saturated carbocycles. The normalized spacial score (nSPS) is 18.9. The Labute approximate surface area is 349 Å². The van der Waals surface area contributed by atoms with E-state index in [1.807, 2.05) is 20.8 Å². The molecule has 3 aliphatic rings. The van der Waals surface area contributed by atoms with Crippen LogP contribution in [0.3, 0.4) is 0 Å². The average molecular weight is 975 g/mol. The van der Waals surface area contributed by atoms with E-state index in [9.17, 15) is 74.4 Å². The maximum atomic E-state index is 12.2. The third-order valence-electron chi connectivity index (χ3n) is 7.55. The van der Waals surface area contributed by atoms with Gasteiger partial charge in [0.15, 0.2) is 17.3 Å². The number of rotatable bonds is 7. The standard InChI is InChI=1S/C12H21F3N2O4S.C10H20N2O2.C7H13F3N2O2S.C2H2ClF3O2S/c1-11(2,3)21-10(18)16-9-4-6-17(7-5-9)22(19,20)8-12(13,14)15;1-10(2,3)14-9(13)12-8-4-6-11-7-5-8;8-7(9,10)5-15(13,14)12-3-1-6(11)2-4-12;3-9(7,8)1-2(4,5)6/h9H,4-8H2,1-3H3,(H,16,18);8,11H,4-7H2,1-3H3,(H,12,13);6H,1-5,11H2;1H2. The van der Waals surface area contributed by atoms with Crippen molar-refractivity contribution in [2.75, 3.05) is 56.5 Å². The van der Waals surface area contributed by atoms with Crippen LogP contribution in [-0.4, -0.2) is 150 Å². The summed E-state index contributed by atoms with van der Waals surface area (Å²) in [7, 11) is -8.73. The molecule has 3 rings (SSSR count). The number of carbonyl (C=O) groups excluding carboxylic acids is 2. The highest BCUT2D eigenvalue weighted by Crippen LogP contribution is 2.24. The molecule has 0 spiro atoms. The lowest BCUT2D eigenvalue weighted by atomic mass is 10.1. The van der Waals surface area contributed by atoms with Crippen LogP contribution in [0.2, 0.25) is 0 Å². The number of ether oxygens (including phenoxy) is 2. The molecule has 0 aromatic carbocycles. The smallest absolute Gasteiger partial charge is 0.407 e. The van der Waals surface area contributed by atoms with Crippen molar-refractivity contribution in [1.29, 1.82) is 0 Å². The number of alkyl carbamates (subject to hydrolysis) is 2. The number of nitrogens with two attached hydrogens (primary N) is 1. The third kappa shape index (κ3) is 30.8. The topological polar surface area (TPSA) is 224 Å².